The van der Waals surface area contributed by atoms with Crippen LogP contribution in [0.25, 0.3) is 5.76 Å². The van der Waals surface area contributed by atoms with Crippen LogP contribution in [0, 0.1) is 5.82 Å². The molecule has 1 aliphatic heterocycles. The van der Waals surface area contributed by atoms with Crippen molar-refractivity contribution in [2.24, 2.45) is 0 Å². The molecule has 36 heavy (non-hydrogen) atoms. The van der Waals surface area contributed by atoms with Gasteiger partial charge in [-0.1, -0.05) is 12.1 Å². The van der Waals surface area contributed by atoms with E-state index in [2.05, 4.69) is 5.32 Å². The number of nitrogens with zero attached hydrogens (tertiary/aromatic N) is 1. The third-order valence-electron chi connectivity index (χ3n) is 5.74. The Morgan fingerprint density at radius 3 is 2.36 bits per heavy atom. The number of ether oxygens (including phenoxy) is 2. The lowest BCUT2D eigenvalue weighted by Crippen LogP contribution is -2.29. The molecule has 1 unspecified atom stereocenters. The van der Waals surface area contributed by atoms with Gasteiger partial charge in [0.2, 0.25) is 5.91 Å². The van der Waals surface area contributed by atoms with Crippen molar-refractivity contribution in [2.75, 3.05) is 24.4 Å². The first-order chi connectivity index (χ1) is 17.2. The van der Waals surface area contributed by atoms with Crippen LogP contribution in [0.5, 0.6) is 11.5 Å². The van der Waals surface area contributed by atoms with E-state index in [0.29, 0.717) is 22.7 Å². The van der Waals surface area contributed by atoms with Crippen LogP contribution in [0.2, 0.25) is 0 Å². The third-order valence-corrected chi connectivity index (χ3v) is 5.74. The van der Waals surface area contributed by atoms with Crippen LogP contribution >= 0.6 is 0 Å². The van der Waals surface area contributed by atoms with Crippen molar-refractivity contribution >= 4 is 34.7 Å². The normalized spacial score (nSPS) is 16.7. The molecule has 0 aliphatic carbocycles. The summed E-state index contributed by atoms with van der Waals surface area (Å²) in [4.78, 5) is 39.2. The summed E-state index contributed by atoms with van der Waals surface area (Å²) in [6.45, 7) is 1.37. The van der Waals surface area contributed by atoms with E-state index in [1.165, 1.54) is 32.1 Å². The Morgan fingerprint density at radius 2 is 1.72 bits per heavy atom. The van der Waals surface area contributed by atoms with Crippen molar-refractivity contribution in [3.63, 3.8) is 0 Å². The van der Waals surface area contributed by atoms with Crippen LogP contribution in [-0.2, 0) is 14.4 Å². The van der Waals surface area contributed by atoms with Gasteiger partial charge in [-0.25, -0.2) is 4.39 Å². The number of halogens is 1. The second kappa shape index (κ2) is 9.91. The van der Waals surface area contributed by atoms with E-state index in [4.69, 9.17) is 9.47 Å². The summed E-state index contributed by atoms with van der Waals surface area (Å²) in [6, 6.07) is 15.5. The lowest BCUT2D eigenvalue weighted by molar-refractivity contribution is -0.132. The zero-order chi connectivity index (χ0) is 26.0. The van der Waals surface area contributed by atoms with Crippen molar-refractivity contribution in [3.8, 4) is 11.5 Å². The number of benzene rings is 3. The van der Waals surface area contributed by atoms with Gasteiger partial charge in [0.05, 0.1) is 31.4 Å². The Hall–Kier alpha value is -4.66. The minimum atomic E-state index is -1.06. The van der Waals surface area contributed by atoms with Gasteiger partial charge >= 0.3 is 0 Å². The third kappa shape index (κ3) is 4.50. The molecule has 3 aromatic rings. The van der Waals surface area contributed by atoms with Gasteiger partial charge in [-0.15, -0.1) is 0 Å². The SMILES string of the molecule is COc1cccc(C2/C(=C(\O)c3cc(F)ccc3OC)C(=O)C(=O)N2c2ccc(NC(C)=O)cc2)c1. The summed E-state index contributed by atoms with van der Waals surface area (Å²) in [7, 11) is 2.83. The number of rotatable bonds is 6. The van der Waals surface area contributed by atoms with Crippen LogP contribution in [0.4, 0.5) is 15.8 Å². The average molecular weight is 490 g/mol. The fraction of sp³-hybridized carbons (Fsp3) is 0.148. The lowest BCUT2D eigenvalue weighted by atomic mass is 9.94. The topological polar surface area (TPSA) is 105 Å². The first-order valence-corrected chi connectivity index (χ1v) is 10.9. The molecule has 2 N–H and O–H groups in total. The molecule has 3 aromatic carbocycles. The average Bonchev–Trinajstić information content (AvgIpc) is 3.14. The highest BCUT2D eigenvalue weighted by atomic mass is 19.1. The van der Waals surface area contributed by atoms with E-state index in [1.54, 1.807) is 48.5 Å². The number of methoxy groups -OCH3 is 2. The molecule has 0 aromatic heterocycles. The predicted molar refractivity (Wildman–Crippen MR) is 131 cm³/mol. The highest BCUT2D eigenvalue weighted by Crippen LogP contribution is 2.44. The monoisotopic (exact) mass is 490 g/mol. The quantitative estimate of drug-likeness (QED) is 0.301. The summed E-state index contributed by atoms with van der Waals surface area (Å²) >= 11 is 0. The van der Waals surface area contributed by atoms with Crippen molar-refractivity contribution in [1.29, 1.82) is 0 Å². The molecule has 0 spiro atoms. The Labute approximate surface area is 206 Å². The molecule has 9 heteroatoms. The van der Waals surface area contributed by atoms with Gasteiger partial charge in [0.25, 0.3) is 11.7 Å². The summed E-state index contributed by atoms with van der Waals surface area (Å²) in [5.41, 5.74) is 1.04. The second-order valence-electron chi connectivity index (χ2n) is 8.02. The van der Waals surface area contributed by atoms with Gasteiger partial charge in [-0.2, -0.15) is 0 Å². The molecule has 1 saturated heterocycles. The fourth-order valence-corrected chi connectivity index (χ4v) is 4.14. The molecular weight excluding hydrogens is 467 g/mol. The lowest BCUT2D eigenvalue weighted by Gasteiger charge is -2.26. The number of aliphatic hydroxyl groups is 1. The first-order valence-electron chi connectivity index (χ1n) is 10.9. The van der Waals surface area contributed by atoms with Crippen molar-refractivity contribution < 1.29 is 33.4 Å². The summed E-state index contributed by atoms with van der Waals surface area (Å²) in [5, 5.41) is 13.9. The molecule has 4 rings (SSSR count). The molecule has 0 bridgehead atoms. The van der Waals surface area contributed by atoms with Crippen LogP contribution in [0.1, 0.15) is 24.1 Å². The van der Waals surface area contributed by atoms with E-state index in [9.17, 15) is 23.9 Å². The number of aliphatic hydroxyl groups excluding tert-OH is 1. The molecule has 1 atom stereocenters. The van der Waals surface area contributed by atoms with Crippen molar-refractivity contribution in [3.05, 3.63) is 89.2 Å². The van der Waals surface area contributed by atoms with Crippen molar-refractivity contribution in [2.45, 2.75) is 13.0 Å². The van der Waals surface area contributed by atoms with E-state index in [1.807, 2.05) is 0 Å². The van der Waals surface area contributed by atoms with Gasteiger partial charge in [0.1, 0.15) is 23.1 Å². The van der Waals surface area contributed by atoms with Crippen LogP contribution < -0.4 is 19.7 Å². The molecular formula is C27H23FN2O6. The van der Waals surface area contributed by atoms with Gasteiger partial charge in [-0.05, 0) is 60.2 Å². The Balaban J connectivity index is 1.93. The maximum absolute atomic E-state index is 14.1. The Kier molecular flexibility index (Phi) is 6.73. The number of ketones is 1. The summed E-state index contributed by atoms with van der Waals surface area (Å²) in [6.07, 6.45) is 0. The zero-order valence-electron chi connectivity index (χ0n) is 19.7. The largest absolute Gasteiger partial charge is 0.507 e. The number of carbonyl (C=O) groups is 3. The molecule has 0 radical (unpaired) electrons. The zero-order valence-corrected chi connectivity index (χ0v) is 19.7. The van der Waals surface area contributed by atoms with Crippen LogP contribution in [-0.4, -0.2) is 36.9 Å². The van der Waals surface area contributed by atoms with Gasteiger partial charge in [0.15, 0.2) is 0 Å². The van der Waals surface area contributed by atoms with Gasteiger partial charge < -0.3 is 19.9 Å². The molecule has 1 fully saturated rings. The smallest absolute Gasteiger partial charge is 0.300 e. The molecule has 0 saturated carbocycles. The van der Waals surface area contributed by atoms with E-state index in [-0.39, 0.29) is 22.8 Å². The van der Waals surface area contributed by atoms with E-state index < -0.39 is 29.3 Å². The van der Waals surface area contributed by atoms with Gasteiger partial charge in [0, 0.05) is 18.3 Å². The number of nitrogens with one attached hydrogen (secondary N) is 1. The number of carbonyl (C=O) groups excluding carboxylic acids is 3. The number of anilines is 2. The number of Topliss-reactive ketones (excluding diaryl/α,β-unsaturated/α-hetero) is 1. The number of hydrogen-bond donors (Lipinski definition) is 2. The predicted octanol–water partition coefficient (Wildman–Crippen LogP) is 4.43. The highest BCUT2D eigenvalue weighted by molar-refractivity contribution is 6.51. The number of hydrogen-bond acceptors (Lipinski definition) is 6. The van der Waals surface area contributed by atoms with E-state index >= 15 is 0 Å². The first kappa shape index (κ1) is 24.5. The standard InChI is InChI=1S/C27H23FN2O6/c1-15(31)29-18-8-10-19(11-9-18)30-24(16-5-4-6-20(13-16)35-2)23(26(33)27(30)34)25(32)21-14-17(28)7-12-22(21)36-3/h4-14,24,32H,1-3H3,(H,29,31)/b25-23+. The summed E-state index contributed by atoms with van der Waals surface area (Å²) < 4.78 is 24.7. The Morgan fingerprint density at radius 1 is 1.00 bits per heavy atom. The van der Waals surface area contributed by atoms with Crippen LogP contribution in [0.3, 0.4) is 0 Å². The number of amides is 2. The Bertz CT molecular complexity index is 1380. The molecule has 1 heterocycles. The van der Waals surface area contributed by atoms with Crippen molar-refractivity contribution in [1.82, 2.24) is 0 Å². The maximum atomic E-state index is 14.1. The minimum absolute atomic E-state index is 0.0654. The highest BCUT2D eigenvalue weighted by Gasteiger charge is 2.47. The van der Waals surface area contributed by atoms with E-state index in [0.717, 1.165) is 12.1 Å². The molecule has 184 valence electrons. The fourth-order valence-electron chi connectivity index (χ4n) is 4.14. The molecule has 2 amide bonds. The maximum Gasteiger partial charge on any atom is 0.300 e. The molecule has 8 nitrogen and oxygen atoms in total. The minimum Gasteiger partial charge on any atom is -0.507 e. The van der Waals surface area contributed by atoms with Crippen LogP contribution in [0.15, 0.2) is 72.3 Å². The second-order valence-corrected chi connectivity index (χ2v) is 8.02. The molecule has 1 aliphatic rings. The summed E-state index contributed by atoms with van der Waals surface area (Å²) in [5.74, 6) is -2.72. The van der Waals surface area contributed by atoms with Gasteiger partial charge in [-0.3, -0.25) is 19.3 Å².